The number of anilines is 1. The summed E-state index contributed by atoms with van der Waals surface area (Å²) in [6.45, 7) is 0. The van der Waals surface area contributed by atoms with Crippen molar-refractivity contribution in [3.05, 3.63) is 63.9 Å². The monoisotopic (exact) mass is 383 g/mol. The number of hydrogen-bond acceptors (Lipinski definition) is 3. The second-order valence-corrected chi connectivity index (χ2v) is 5.65. The zero-order valence-electron chi connectivity index (χ0n) is 12.6. The van der Waals surface area contributed by atoms with E-state index in [0.29, 0.717) is 0 Å². The van der Waals surface area contributed by atoms with Crippen LogP contribution in [-0.2, 0) is 4.79 Å². The van der Waals surface area contributed by atoms with Gasteiger partial charge in [0.25, 0.3) is 0 Å². The van der Waals surface area contributed by atoms with Gasteiger partial charge in [-0.1, -0.05) is 35.3 Å². The van der Waals surface area contributed by atoms with Crippen LogP contribution < -0.4 is 16.2 Å². The van der Waals surface area contributed by atoms with Crippen molar-refractivity contribution < 1.29 is 18.8 Å². The number of hydrogen-bond donors (Lipinski definition) is 3. The highest BCUT2D eigenvalue weighted by molar-refractivity contribution is 6.42. The van der Waals surface area contributed by atoms with Crippen molar-refractivity contribution in [3.63, 3.8) is 0 Å². The van der Waals surface area contributed by atoms with Gasteiger partial charge in [0, 0.05) is 5.56 Å². The maximum absolute atomic E-state index is 13.4. The highest BCUT2D eigenvalue weighted by Gasteiger charge is 2.14. The smallest absolute Gasteiger partial charge is 0.304 e. The normalized spacial score (nSPS) is 10.0. The van der Waals surface area contributed by atoms with E-state index in [1.54, 1.807) is 0 Å². The summed E-state index contributed by atoms with van der Waals surface area (Å²) in [5.41, 5.74) is 4.22. The van der Waals surface area contributed by atoms with Crippen LogP contribution in [0.25, 0.3) is 0 Å². The minimum absolute atomic E-state index is 0.0545. The summed E-state index contributed by atoms with van der Waals surface area (Å²) in [5, 5.41) is 2.68. The Hall–Kier alpha value is -2.64. The maximum atomic E-state index is 13.4. The molecule has 9 heteroatoms. The van der Waals surface area contributed by atoms with E-state index in [1.807, 2.05) is 10.9 Å². The first kappa shape index (κ1) is 18.7. The van der Waals surface area contributed by atoms with E-state index >= 15 is 0 Å². The summed E-state index contributed by atoms with van der Waals surface area (Å²) < 4.78 is 13.4. The van der Waals surface area contributed by atoms with Gasteiger partial charge in [-0.3, -0.25) is 15.0 Å². The number of rotatable bonds is 4. The predicted octanol–water partition coefficient (Wildman–Crippen LogP) is 3.56. The van der Waals surface area contributed by atoms with Gasteiger partial charge in [0.15, 0.2) is 5.78 Å². The number of nitrogens with one attached hydrogen (secondary N) is 3. The van der Waals surface area contributed by atoms with E-state index in [0.717, 1.165) is 0 Å². The molecule has 0 saturated carbocycles. The van der Waals surface area contributed by atoms with Crippen molar-refractivity contribution in [2.45, 2.75) is 6.42 Å². The van der Waals surface area contributed by atoms with Gasteiger partial charge in [-0.25, -0.2) is 14.6 Å². The molecule has 3 N–H and O–H groups in total. The number of hydrazine groups is 1. The molecule has 0 fully saturated rings. The third kappa shape index (κ3) is 5.44. The van der Waals surface area contributed by atoms with E-state index in [1.165, 1.54) is 42.5 Å². The number of para-hydroxylation sites is 1. The van der Waals surface area contributed by atoms with E-state index in [-0.39, 0.29) is 21.3 Å². The van der Waals surface area contributed by atoms with Gasteiger partial charge in [0.05, 0.1) is 22.2 Å². The minimum atomic E-state index is -0.861. The number of Topliss-reactive ketones (excluding diaryl/α,β-unsaturated/α-hetero) is 1. The van der Waals surface area contributed by atoms with Crippen LogP contribution in [0.5, 0.6) is 0 Å². The Bertz CT molecular complexity index is 830. The number of halogens is 3. The first-order valence-corrected chi connectivity index (χ1v) is 7.71. The lowest BCUT2D eigenvalue weighted by atomic mass is 10.1. The fourth-order valence-electron chi connectivity index (χ4n) is 1.80. The quantitative estimate of drug-likeness (QED) is 0.428. The molecule has 2 aromatic rings. The third-order valence-corrected chi connectivity index (χ3v) is 3.74. The fraction of sp³-hybridized carbons (Fsp3) is 0.0625. The van der Waals surface area contributed by atoms with Crippen LogP contribution in [0.1, 0.15) is 16.8 Å². The number of carbonyl (C=O) groups excluding carboxylic acids is 3. The van der Waals surface area contributed by atoms with Crippen LogP contribution in [0.3, 0.4) is 0 Å². The average Bonchev–Trinajstić information content (AvgIpc) is 2.57. The number of benzene rings is 2. The largest absolute Gasteiger partial charge is 0.338 e. The van der Waals surface area contributed by atoms with Gasteiger partial charge in [0.2, 0.25) is 5.91 Å². The molecule has 0 spiro atoms. The zero-order chi connectivity index (χ0) is 18.4. The van der Waals surface area contributed by atoms with Crippen LogP contribution in [0, 0.1) is 5.82 Å². The molecule has 0 heterocycles. The molecule has 0 radical (unpaired) electrons. The topological polar surface area (TPSA) is 87.3 Å². The van der Waals surface area contributed by atoms with Gasteiger partial charge >= 0.3 is 6.03 Å². The Morgan fingerprint density at radius 3 is 2.36 bits per heavy atom. The predicted molar refractivity (Wildman–Crippen MR) is 92.1 cm³/mol. The lowest BCUT2D eigenvalue weighted by molar-refractivity contribution is -0.120. The summed E-state index contributed by atoms with van der Waals surface area (Å²) >= 11 is 11.6. The van der Waals surface area contributed by atoms with Crippen molar-refractivity contribution in [2.75, 3.05) is 5.32 Å². The van der Waals surface area contributed by atoms with Crippen LogP contribution in [-0.4, -0.2) is 17.7 Å². The summed E-state index contributed by atoms with van der Waals surface area (Å²) in [5.74, 6) is -1.88. The summed E-state index contributed by atoms with van der Waals surface area (Å²) in [7, 11) is 0. The summed E-state index contributed by atoms with van der Waals surface area (Å²) in [4.78, 5) is 35.2. The molecule has 0 aliphatic rings. The molecule has 0 bridgehead atoms. The third-order valence-electron chi connectivity index (χ3n) is 3.00. The van der Waals surface area contributed by atoms with Crippen LogP contribution in [0.15, 0.2) is 42.5 Å². The van der Waals surface area contributed by atoms with Crippen molar-refractivity contribution in [1.82, 2.24) is 10.9 Å². The van der Waals surface area contributed by atoms with E-state index in [4.69, 9.17) is 23.2 Å². The van der Waals surface area contributed by atoms with E-state index in [2.05, 4.69) is 5.32 Å². The lowest BCUT2D eigenvalue weighted by Gasteiger charge is -2.09. The van der Waals surface area contributed by atoms with Crippen molar-refractivity contribution >= 4 is 46.6 Å². The van der Waals surface area contributed by atoms with Gasteiger partial charge in [-0.15, -0.1) is 0 Å². The molecule has 6 nitrogen and oxygen atoms in total. The number of ketones is 1. The molecule has 2 aromatic carbocycles. The minimum Gasteiger partial charge on any atom is -0.304 e. The number of urea groups is 1. The number of carbonyl (C=O) groups is 3. The summed E-state index contributed by atoms with van der Waals surface area (Å²) in [6, 6.07) is 8.88. The van der Waals surface area contributed by atoms with Gasteiger partial charge < -0.3 is 5.32 Å². The Labute approximate surface area is 152 Å². The van der Waals surface area contributed by atoms with Crippen LogP contribution >= 0.6 is 23.2 Å². The van der Waals surface area contributed by atoms with Gasteiger partial charge in [-0.05, 0) is 30.3 Å². The molecule has 0 aliphatic heterocycles. The second-order valence-electron chi connectivity index (χ2n) is 4.84. The molecule has 0 saturated heterocycles. The molecule has 0 atom stereocenters. The molecular formula is C16H12Cl2FN3O3. The Kier molecular flexibility index (Phi) is 6.32. The standard InChI is InChI=1S/C16H12Cl2FN3O3/c17-10-6-5-9(7-11(10)18)14(23)8-15(24)21-22-16(25)20-13-4-2-1-3-12(13)19/h1-7H,8H2,(H,21,24)(H2,20,22,25). The molecule has 0 aromatic heterocycles. The molecule has 0 aliphatic carbocycles. The Morgan fingerprint density at radius 1 is 0.960 bits per heavy atom. The summed E-state index contributed by atoms with van der Waals surface area (Å²) in [6.07, 6.45) is -0.516. The maximum Gasteiger partial charge on any atom is 0.338 e. The van der Waals surface area contributed by atoms with Crippen molar-refractivity contribution in [3.8, 4) is 0 Å². The Morgan fingerprint density at radius 2 is 1.68 bits per heavy atom. The zero-order valence-corrected chi connectivity index (χ0v) is 14.1. The first-order chi connectivity index (χ1) is 11.9. The molecule has 0 unspecified atom stereocenters. The van der Waals surface area contributed by atoms with Crippen molar-refractivity contribution in [1.29, 1.82) is 0 Å². The second kappa shape index (κ2) is 8.46. The van der Waals surface area contributed by atoms with E-state index < -0.39 is 30.0 Å². The molecule has 3 amide bonds. The van der Waals surface area contributed by atoms with Gasteiger partial charge in [0.1, 0.15) is 5.82 Å². The SMILES string of the molecule is O=C(CC(=O)c1ccc(Cl)c(Cl)c1)NNC(=O)Nc1ccccc1F. The molecular weight excluding hydrogens is 372 g/mol. The molecule has 25 heavy (non-hydrogen) atoms. The average molecular weight is 384 g/mol. The van der Waals surface area contributed by atoms with E-state index in [9.17, 15) is 18.8 Å². The van der Waals surface area contributed by atoms with Crippen molar-refractivity contribution in [2.24, 2.45) is 0 Å². The fourth-order valence-corrected chi connectivity index (χ4v) is 2.10. The molecule has 2 rings (SSSR count). The first-order valence-electron chi connectivity index (χ1n) is 6.95. The van der Waals surface area contributed by atoms with Crippen LogP contribution in [0.4, 0.5) is 14.9 Å². The highest BCUT2D eigenvalue weighted by Crippen LogP contribution is 2.23. The van der Waals surface area contributed by atoms with Gasteiger partial charge in [-0.2, -0.15) is 0 Å². The lowest BCUT2D eigenvalue weighted by Crippen LogP contribution is -2.44. The highest BCUT2D eigenvalue weighted by atomic mass is 35.5. The number of amides is 3. The van der Waals surface area contributed by atoms with Crippen LogP contribution in [0.2, 0.25) is 10.0 Å². The molecule has 130 valence electrons. The Balaban J connectivity index is 1.83.